The number of pyridine rings is 1. The summed E-state index contributed by atoms with van der Waals surface area (Å²) >= 11 is 0. The maximum atomic E-state index is 5.74. The number of hydrogen-bond acceptors (Lipinski definition) is 3. The van der Waals surface area contributed by atoms with Crippen LogP contribution in [-0.2, 0) is 6.54 Å². The number of nitrogens with zero attached hydrogens (tertiary/aromatic N) is 1. The summed E-state index contributed by atoms with van der Waals surface area (Å²) in [7, 11) is 1.67. The van der Waals surface area contributed by atoms with Crippen LogP contribution in [0.5, 0.6) is 5.75 Å². The minimum Gasteiger partial charge on any atom is -0.496 e. The van der Waals surface area contributed by atoms with E-state index in [2.05, 4.69) is 11.1 Å². The molecule has 3 nitrogen and oxygen atoms in total. The van der Waals surface area contributed by atoms with Gasteiger partial charge < -0.3 is 10.5 Å². The van der Waals surface area contributed by atoms with Gasteiger partial charge in [0, 0.05) is 18.3 Å². The number of hydrogen-bond donors (Lipinski definition) is 1. The number of rotatable bonds is 3. The van der Waals surface area contributed by atoms with Crippen molar-refractivity contribution in [2.75, 3.05) is 7.11 Å². The smallest absolute Gasteiger partial charge is 0.128 e. The molecule has 0 aliphatic carbocycles. The molecule has 2 N–H and O–H groups in total. The second-order valence-corrected chi connectivity index (χ2v) is 3.92. The molecule has 0 spiro atoms. The van der Waals surface area contributed by atoms with Crippen LogP contribution in [0.4, 0.5) is 0 Å². The summed E-state index contributed by atoms with van der Waals surface area (Å²) < 4.78 is 5.37. The first-order chi connectivity index (χ1) is 8.26. The van der Waals surface area contributed by atoms with E-state index in [1.54, 1.807) is 13.3 Å². The SMILES string of the molecule is COc1ccc(C)cc1-c1ncccc1CN. The number of methoxy groups -OCH3 is 1. The maximum Gasteiger partial charge on any atom is 0.128 e. The predicted molar refractivity (Wildman–Crippen MR) is 68.9 cm³/mol. The molecule has 1 heterocycles. The van der Waals surface area contributed by atoms with Crippen molar-refractivity contribution in [3.8, 4) is 17.0 Å². The van der Waals surface area contributed by atoms with Crippen LogP contribution < -0.4 is 10.5 Å². The van der Waals surface area contributed by atoms with Crippen LogP contribution in [0.25, 0.3) is 11.3 Å². The van der Waals surface area contributed by atoms with Crippen LogP contribution in [-0.4, -0.2) is 12.1 Å². The van der Waals surface area contributed by atoms with E-state index in [0.717, 1.165) is 22.6 Å². The van der Waals surface area contributed by atoms with E-state index in [4.69, 9.17) is 10.5 Å². The average Bonchev–Trinajstić information content (AvgIpc) is 2.38. The molecule has 0 aliphatic heterocycles. The minimum absolute atomic E-state index is 0.472. The highest BCUT2D eigenvalue weighted by Gasteiger charge is 2.10. The first-order valence-electron chi connectivity index (χ1n) is 5.55. The molecule has 2 aromatic rings. The lowest BCUT2D eigenvalue weighted by Crippen LogP contribution is -2.01. The number of aromatic nitrogens is 1. The van der Waals surface area contributed by atoms with Crippen molar-refractivity contribution < 1.29 is 4.74 Å². The van der Waals surface area contributed by atoms with Gasteiger partial charge in [0.15, 0.2) is 0 Å². The lowest BCUT2D eigenvalue weighted by atomic mass is 10.0. The fourth-order valence-corrected chi connectivity index (χ4v) is 1.85. The van der Waals surface area contributed by atoms with Gasteiger partial charge in [0.05, 0.1) is 12.8 Å². The zero-order chi connectivity index (χ0) is 12.3. The largest absolute Gasteiger partial charge is 0.496 e. The standard InChI is InChI=1S/C14H16N2O/c1-10-5-6-13(17-2)12(8-10)14-11(9-15)4-3-7-16-14/h3-8H,9,15H2,1-2H3. The Morgan fingerprint density at radius 1 is 1.29 bits per heavy atom. The first-order valence-corrected chi connectivity index (χ1v) is 5.55. The van der Waals surface area contributed by atoms with E-state index in [9.17, 15) is 0 Å². The molecule has 0 unspecified atom stereocenters. The van der Waals surface area contributed by atoms with Crippen LogP contribution >= 0.6 is 0 Å². The van der Waals surface area contributed by atoms with Crippen molar-refractivity contribution in [1.82, 2.24) is 4.98 Å². The minimum atomic E-state index is 0.472. The van der Waals surface area contributed by atoms with E-state index in [1.807, 2.05) is 31.2 Å². The number of benzene rings is 1. The Balaban J connectivity index is 2.62. The third-order valence-corrected chi connectivity index (χ3v) is 2.72. The van der Waals surface area contributed by atoms with Crippen molar-refractivity contribution in [2.24, 2.45) is 5.73 Å². The van der Waals surface area contributed by atoms with Crippen LogP contribution in [0.3, 0.4) is 0 Å². The van der Waals surface area contributed by atoms with Gasteiger partial charge in [-0.05, 0) is 30.7 Å². The van der Waals surface area contributed by atoms with E-state index in [1.165, 1.54) is 5.56 Å². The monoisotopic (exact) mass is 228 g/mol. The van der Waals surface area contributed by atoms with Gasteiger partial charge in [-0.1, -0.05) is 17.7 Å². The van der Waals surface area contributed by atoms with Crippen LogP contribution in [0.1, 0.15) is 11.1 Å². The summed E-state index contributed by atoms with van der Waals surface area (Å²) in [4.78, 5) is 4.41. The van der Waals surface area contributed by atoms with Gasteiger partial charge in [0.1, 0.15) is 5.75 Å². The first kappa shape index (κ1) is 11.6. The molecular weight excluding hydrogens is 212 g/mol. The second-order valence-electron chi connectivity index (χ2n) is 3.92. The van der Waals surface area contributed by atoms with E-state index < -0.39 is 0 Å². The Bertz CT molecular complexity index is 523. The Kier molecular flexibility index (Phi) is 3.40. The van der Waals surface area contributed by atoms with Crippen molar-refractivity contribution in [3.05, 3.63) is 47.7 Å². The predicted octanol–water partition coefficient (Wildman–Crippen LogP) is 2.52. The van der Waals surface area contributed by atoms with Gasteiger partial charge in [0.2, 0.25) is 0 Å². The molecule has 0 atom stereocenters. The second kappa shape index (κ2) is 4.97. The quantitative estimate of drug-likeness (QED) is 0.878. The molecule has 2 rings (SSSR count). The molecule has 0 aliphatic rings. The molecule has 0 fully saturated rings. The molecule has 88 valence electrons. The Morgan fingerprint density at radius 2 is 2.12 bits per heavy atom. The Morgan fingerprint density at radius 3 is 2.82 bits per heavy atom. The molecule has 0 bridgehead atoms. The third-order valence-electron chi connectivity index (χ3n) is 2.72. The van der Waals surface area contributed by atoms with Crippen molar-refractivity contribution in [3.63, 3.8) is 0 Å². The van der Waals surface area contributed by atoms with Crippen molar-refractivity contribution in [1.29, 1.82) is 0 Å². The van der Waals surface area contributed by atoms with E-state index in [-0.39, 0.29) is 0 Å². The summed E-state index contributed by atoms with van der Waals surface area (Å²) in [6.07, 6.45) is 1.77. The van der Waals surface area contributed by atoms with Crippen LogP contribution in [0.2, 0.25) is 0 Å². The molecule has 0 amide bonds. The lowest BCUT2D eigenvalue weighted by molar-refractivity contribution is 0.416. The zero-order valence-corrected chi connectivity index (χ0v) is 10.1. The van der Waals surface area contributed by atoms with Gasteiger partial charge >= 0.3 is 0 Å². The third kappa shape index (κ3) is 2.29. The summed E-state index contributed by atoms with van der Waals surface area (Å²) in [6.45, 7) is 2.52. The van der Waals surface area contributed by atoms with Gasteiger partial charge in [-0.3, -0.25) is 4.98 Å². The number of ether oxygens (including phenoxy) is 1. The molecule has 0 saturated carbocycles. The topological polar surface area (TPSA) is 48.1 Å². The van der Waals surface area contributed by atoms with Gasteiger partial charge in [-0.15, -0.1) is 0 Å². The fraction of sp³-hybridized carbons (Fsp3) is 0.214. The van der Waals surface area contributed by atoms with Gasteiger partial charge in [-0.25, -0.2) is 0 Å². The summed E-state index contributed by atoms with van der Waals surface area (Å²) in [5.41, 5.74) is 9.83. The summed E-state index contributed by atoms with van der Waals surface area (Å²) in [6, 6.07) is 9.94. The van der Waals surface area contributed by atoms with E-state index in [0.29, 0.717) is 6.54 Å². The summed E-state index contributed by atoms with van der Waals surface area (Å²) in [5, 5.41) is 0. The highest BCUT2D eigenvalue weighted by molar-refractivity contribution is 5.70. The van der Waals surface area contributed by atoms with Gasteiger partial charge in [-0.2, -0.15) is 0 Å². The molecule has 1 aromatic heterocycles. The van der Waals surface area contributed by atoms with Crippen molar-refractivity contribution >= 4 is 0 Å². The molecule has 0 radical (unpaired) electrons. The lowest BCUT2D eigenvalue weighted by Gasteiger charge is -2.11. The molecule has 3 heteroatoms. The molecule has 0 saturated heterocycles. The number of nitrogens with two attached hydrogens (primary N) is 1. The van der Waals surface area contributed by atoms with E-state index >= 15 is 0 Å². The normalized spacial score (nSPS) is 10.3. The van der Waals surface area contributed by atoms with Crippen LogP contribution in [0, 0.1) is 6.92 Å². The Labute approximate surface area is 101 Å². The molecule has 1 aromatic carbocycles. The Hall–Kier alpha value is -1.87. The maximum absolute atomic E-state index is 5.74. The van der Waals surface area contributed by atoms with Crippen LogP contribution in [0.15, 0.2) is 36.5 Å². The molecule has 17 heavy (non-hydrogen) atoms. The zero-order valence-electron chi connectivity index (χ0n) is 10.1. The van der Waals surface area contributed by atoms with Crippen molar-refractivity contribution in [2.45, 2.75) is 13.5 Å². The fourth-order valence-electron chi connectivity index (χ4n) is 1.85. The summed E-state index contributed by atoms with van der Waals surface area (Å²) in [5.74, 6) is 0.823. The average molecular weight is 228 g/mol. The highest BCUT2D eigenvalue weighted by Crippen LogP contribution is 2.31. The number of aryl methyl sites for hydroxylation is 1. The molecular formula is C14H16N2O. The van der Waals surface area contributed by atoms with Gasteiger partial charge in [0.25, 0.3) is 0 Å². The highest BCUT2D eigenvalue weighted by atomic mass is 16.5.